The quantitative estimate of drug-likeness (QED) is 0.770. The van der Waals surface area contributed by atoms with E-state index in [1.165, 1.54) is 24.1 Å². The fourth-order valence-corrected chi connectivity index (χ4v) is 2.44. The number of hydrogen-bond acceptors (Lipinski definition) is 2. The van der Waals surface area contributed by atoms with Gasteiger partial charge in [-0.2, -0.15) is 0 Å². The van der Waals surface area contributed by atoms with Crippen LogP contribution in [0, 0.1) is 11.8 Å². The van der Waals surface area contributed by atoms with Crippen LogP contribution >= 0.6 is 0 Å². The van der Waals surface area contributed by atoms with Crippen molar-refractivity contribution in [2.24, 2.45) is 11.8 Å². The van der Waals surface area contributed by atoms with Crippen molar-refractivity contribution >= 4 is 5.69 Å². The lowest BCUT2D eigenvalue weighted by molar-refractivity contribution is 0.376. The molecular weight excluding hydrogens is 232 g/mol. The van der Waals surface area contributed by atoms with E-state index in [1.54, 1.807) is 0 Å². The molecule has 2 nitrogen and oxygen atoms in total. The standard InChI is InChI=1S/C17H30N2/c1-6-7-15-8-10-17(11-9-15)19(5)13-16(12-18-4)14(2)3/h8-11,14,16,18H,6-7,12-13H2,1-5H3. The molecule has 0 aliphatic carbocycles. The van der Waals surface area contributed by atoms with Crippen molar-refractivity contribution < 1.29 is 0 Å². The third kappa shape index (κ3) is 5.23. The first-order chi connectivity index (χ1) is 9.08. The van der Waals surface area contributed by atoms with Gasteiger partial charge in [-0.1, -0.05) is 39.3 Å². The molecule has 0 aromatic heterocycles. The van der Waals surface area contributed by atoms with Crippen LogP contribution in [0.3, 0.4) is 0 Å². The summed E-state index contributed by atoms with van der Waals surface area (Å²) in [6, 6.07) is 9.03. The van der Waals surface area contributed by atoms with Crippen molar-refractivity contribution in [3.8, 4) is 0 Å². The molecule has 0 bridgehead atoms. The minimum absolute atomic E-state index is 0.685. The first-order valence-corrected chi connectivity index (χ1v) is 7.53. The van der Waals surface area contributed by atoms with E-state index in [0.717, 1.165) is 13.1 Å². The second kappa shape index (κ2) is 8.21. The maximum atomic E-state index is 3.31. The van der Waals surface area contributed by atoms with Gasteiger partial charge >= 0.3 is 0 Å². The third-order valence-electron chi connectivity index (χ3n) is 3.83. The molecule has 0 heterocycles. The molecule has 1 aromatic rings. The molecule has 1 aromatic carbocycles. The highest BCUT2D eigenvalue weighted by Gasteiger charge is 2.15. The molecule has 0 saturated heterocycles. The zero-order valence-corrected chi connectivity index (χ0v) is 13.2. The number of hydrogen-bond donors (Lipinski definition) is 1. The maximum Gasteiger partial charge on any atom is 0.0363 e. The number of aryl methyl sites for hydroxylation is 1. The predicted octanol–water partition coefficient (Wildman–Crippen LogP) is 3.57. The van der Waals surface area contributed by atoms with E-state index in [1.807, 2.05) is 7.05 Å². The van der Waals surface area contributed by atoms with Crippen LogP contribution in [0.15, 0.2) is 24.3 Å². The van der Waals surface area contributed by atoms with Crippen LogP contribution in [0.4, 0.5) is 5.69 Å². The molecule has 0 radical (unpaired) electrons. The second-order valence-corrected chi connectivity index (χ2v) is 5.86. The van der Waals surface area contributed by atoms with E-state index in [9.17, 15) is 0 Å². The summed E-state index contributed by atoms with van der Waals surface area (Å²) in [6.45, 7) is 9.02. The highest BCUT2D eigenvalue weighted by atomic mass is 15.1. The lowest BCUT2D eigenvalue weighted by Gasteiger charge is -2.28. The van der Waals surface area contributed by atoms with Crippen LogP contribution in [-0.2, 0) is 6.42 Å². The van der Waals surface area contributed by atoms with Gasteiger partial charge < -0.3 is 10.2 Å². The Morgan fingerprint density at radius 2 is 1.79 bits per heavy atom. The molecule has 1 atom stereocenters. The predicted molar refractivity (Wildman–Crippen MR) is 86.0 cm³/mol. The Kier molecular flexibility index (Phi) is 6.93. The summed E-state index contributed by atoms with van der Waals surface area (Å²) in [6.07, 6.45) is 2.39. The van der Waals surface area contributed by atoms with E-state index in [2.05, 4.69) is 62.3 Å². The minimum Gasteiger partial charge on any atom is -0.374 e. The van der Waals surface area contributed by atoms with Gasteiger partial charge in [-0.25, -0.2) is 0 Å². The van der Waals surface area contributed by atoms with Gasteiger partial charge in [0.15, 0.2) is 0 Å². The van der Waals surface area contributed by atoms with Gasteiger partial charge in [-0.15, -0.1) is 0 Å². The molecule has 0 spiro atoms. The Labute approximate surface area is 119 Å². The van der Waals surface area contributed by atoms with Crippen molar-refractivity contribution in [3.05, 3.63) is 29.8 Å². The maximum absolute atomic E-state index is 3.31. The smallest absolute Gasteiger partial charge is 0.0363 e. The molecule has 1 unspecified atom stereocenters. The van der Waals surface area contributed by atoms with Crippen LogP contribution in [-0.4, -0.2) is 27.2 Å². The first kappa shape index (κ1) is 16.0. The molecule has 0 fully saturated rings. The van der Waals surface area contributed by atoms with Crippen LogP contribution in [0.25, 0.3) is 0 Å². The first-order valence-electron chi connectivity index (χ1n) is 7.53. The van der Waals surface area contributed by atoms with Crippen molar-refractivity contribution in [3.63, 3.8) is 0 Å². The summed E-state index contributed by atoms with van der Waals surface area (Å²) in [4.78, 5) is 2.37. The molecule has 108 valence electrons. The summed E-state index contributed by atoms with van der Waals surface area (Å²) >= 11 is 0. The average Bonchev–Trinajstić information content (AvgIpc) is 2.39. The number of rotatable bonds is 8. The zero-order valence-electron chi connectivity index (χ0n) is 13.2. The zero-order chi connectivity index (χ0) is 14.3. The van der Waals surface area contributed by atoms with Gasteiger partial charge in [0.2, 0.25) is 0 Å². The molecule has 0 amide bonds. The monoisotopic (exact) mass is 262 g/mol. The molecule has 2 heteroatoms. The highest BCUT2D eigenvalue weighted by Crippen LogP contribution is 2.18. The fraction of sp³-hybridized carbons (Fsp3) is 0.647. The molecule has 0 saturated carbocycles. The minimum atomic E-state index is 0.685. The largest absolute Gasteiger partial charge is 0.374 e. The number of anilines is 1. The van der Waals surface area contributed by atoms with Crippen molar-refractivity contribution in [2.45, 2.75) is 33.6 Å². The number of benzene rings is 1. The lowest BCUT2D eigenvalue weighted by Crippen LogP contribution is -2.34. The highest BCUT2D eigenvalue weighted by molar-refractivity contribution is 5.46. The summed E-state index contributed by atoms with van der Waals surface area (Å²) in [5.74, 6) is 1.39. The Bertz CT molecular complexity index is 343. The number of nitrogens with zero attached hydrogens (tertiary/aromatic N) is 1. The van der Waals surface area contributed by atoms with Gasteiger partial charge in [-0.3, -0.25) is 0 Å². The molecule has 19 heavy (non-hydrogen) atoms. The van der Waals surface area contributed by atoms with E-state index in [0.29, 0.717) is 11.8 Å². The van der Waals surface area contributed by atoms with E-state index in [4.69, 9.17) is 0 Å². The Hall–Kier alpha value is -1.02. The normalized spacial score (nSPS) is 12.7. The van der Waals surface area contributed by atoms with Crippen molar-refractivity contribution in [2.75, 3.05) is 32.1 Å². The van der Waals surface area contributed by atoms with Gasteiger partial charge in [0.25, 0.3) is 0 Å². The fourth-order valence-electron chi connectivity index (χ4n) is 2.44. The van der Waals surface area contributed by atoms with Crippen molar-refractivity contribution in [1.29, 1.82) is 0 Å². The van der Waals surface area contributed by atoms with E-state index in [-0.39, 0.29) is 0 Å². The Morgan fingerprint density at radius 3 is 2.26 bits per heavy atom. The molecule has 0 aliphatic heterocycles. The second-order valence-electron chi connectivity index (χ2n) is 5.86. The van der Waals surface area contributed by atoms with Gasteiger partial charge in [0.1, 0.15) is 0 Å². The molecule has 0 aliphatic rings. The Balaban J connectivity index is 2.63. The third-order valence-corrected chi connectivity index (χ3v) is 3.83. The summed E-state index contributed by atoms with van der Waals surface area (Å²) < 4.78 is 0. The molecule has 1 N–H and O–H groups in total. The van der Waals surface area contributed by atoms with Crippen molar-refractivity contribution in [1.82, 2.24) is 5.32 Å². The Morgan fingerprint density at radius 1 is 1.16 bits per heavy atom. The molecular formula is C17H30N2. The SMILES string of the molecule is CCCc1ccc(N(C)CC(CNC)C(C)C)cc1. The van der Waals surface area contributed by atoms with E-state index >= 15 is 0 Å². The average molecular weight is 262 g/mol. The number of nitrogens with one attached hydrogen (secondary N) is 1. The summed E-state index contributed by atoms with van der Waals surface area (Å²) in [7, 11) is 4.23. The molecule has 1 rings (SSSR count). The summed E-state index contributed by atoms with van der Waals surface area (Å²) in [5, 5.41) is 3.31. The summed E-state index contributed by atoms with van der Waals surface area (Å²) in [5.41, 5.74) is 2.76. The van der Waals surface area contributed by atoms with Crippen LogP contribution in [0.5, 0.6) is 0 Å². The van der Waals surface area contributed by atoms with Gasteiger partial charge in [-0.05, 0) is 49.5 Å². The van der Waals surface area contributed by atoms with Gasteiger partial charge in [0.05, 0.1) is 0 Å². The van der Waals surface area contributed by atoms with E-state index < -0.39 is 0 Å². The van der Waals surface area contributed by atoms with Gasteiger partial charge in [0, 0.05) is 19.3 Å². The lowest BCUT2D eigenvalue weighted by atomic mass is 9.95. The topological polar surface area (TPSA) is 15.3 Å². The van der Waals surface area contributed by atoms with Crippen LogP contribution in [0.2, 0.25) is 0 Å². The van der Waals surface area contributed by atoms with Crippen LogP contribution < -0.4 is 10.2 Å². The van der Waals surface area contributed by atoms with Crippen LogP contribution in [0.1, 0.15) is 32.8 Å².